The molecule has 136 valence electrons. The van der Waals surface area contributed by atoms with Crippen molar-refractivity contribution in [2.24, 2.45) is 5.92 Å². The van der Waals surface area contributed by atoms with Gasteiger partial charge >= 0.3 is 0 Å². The highest BCUT2D eigenvalue weighted by Gasteiger charge is 2.37. The van der Waals surface area contributed by atoms with Crippen LogP contribution in [0, 0.1) is 5.92 Å². The Morgan fingerprint density at radius 1 is 0.778 bits per heavy atom. The van der Waals surface area contributed by atoms with Gasteiger partial charge in [0.2, 0.25) is 0 Å². The summed E-state index contributed by atoms with van der Waals surface area (Å²) in [5.74, 6) is 0.276. The van der Waals surface area contributed by atoms with Crippen molar-refractivity contribution in [3.05, 3.63) is 132 Å². The SMILES string of the molecule is C=C/C=C/[C@@H](C)COC(c1ccccc1)(c1ccccc1)c1ccccc1. The van der Waals surface area contributed by atoms with E-state index in [-0.39, 0.29) is 5.92 Å². The van der Waals surface area contributed by atoms with Gasteiger partial charge in [-0.3, -0.25) is 0 Å². The molecule has 3 aromatic rings. The Labute approximate surface area is 162 Å². The average Bonchev–Trinajstić information content (AvgIpc) is 2.75. The van der Waals surface area contributed by atoms with Gasteiger partial charge in [-0.2, -0.15) is 0 Å². The highest BCUT2D eigenvalue weighted by atomic mass is 16.5. The monoisotopic (exact) mass is 354 g/mol. The molecular weight excluding hydrogens is 328 g/mol. The molecule has 1 nitrogen and oxygen atoms in total. The second kappa shape index (κ2) is 9.16. The topological polar surface area (TPSA) is 9.23 Å². The highest BCUT2D eigenvalue weighted by Crippen LogP contribution is 2.40. The molecule has 0 aliphatic carbocycles. The number of hydrogen-bond acceptors (Lipinski definition) is 1. The van der Waals surface area contributed by atoms with E-state index in [1.807, 2.05) is 24.3 Å². The zero-order chi connectivity index (χ0) is 19.0. The zero-order valence-electron chi connectivity index (χ0n) is 15.8. The molecule has 0 saturated heterocycles. The van der Waals surface area contributed by atoms with Gasteiger partial charge in [-0.05, 0) is 22.6 Å². The van der Waals surface area contributed by atoms with E-state index in [0.29, 0.717) is 6.61 Å². The van der Waals surface area contributed by atoms with E-state index in [0.717, 1.165) is 16.7 Å². The first-order chi connectivity index (χ1) is 13.3. The predicted molar refractivity (Wildman–Crippen MR) is 114 cm³/mol. The third-order valence-electron chi connectivity index (χ3n) is 4.68. The molecule has 3 rings (SSSR count). The average molecular weight is 354 g/mol. The lowest BCUT2D eigenvalue weighted by molar-refractivity contribution is 0.00184. The third-order valence-corrected chi connectivity index (χ3v) is 4.68. The van der Waals surface area contributed by atoms with Crippen LogP contribution >= 0.6 is 0 Å². The smallest absolute Gasteiger partial charge is 0.143 e. The maximum atomic E-state index is 6.76. The highest BCUT2D eigenvalue weighted by molar-refractivity contribution is 5.47. The molecule has 0 aliphatic rings. The fraction of sp³-hybridized carbons (Fsp3) is 0.154. The number of allylic oxidation sites excluding steroid dienone is 2. The number of benzene rings is 3. The Bertz CT molecular complexity index is 754. The Morgan fingerprint density at radius 2 is 1.19 bits per heavy atom. The van der Waals surface area contributed by atoms with Gasteiger partial charge < -0.3 is 4.74 Å². The second-order valence-corrected chi connectivity index (χ2v) is 6.69. The van der Waals surface area contributed by atoms with E-state index in [1.54, 1.807) is 6.08 Å². The van der Waals surface area contributed by atoms with Crippen LogP contribution in [0.2, 0.25) is 0 Å². The van der Waals surface area contributed by atoms with Crippen molar-refractivity contribution < 1.29 is 4.74 Å². The van der Waals surface area contributed by atoms with Crippen molar-refractivity contribution in [2.75, 3.05) is 6.61 Å². The maximum absolute atomic E-state index is 6.76. The molecule has 1 atom stereocenters. The van der Waals surface area contributed by atoms with Gasteiger partial charge in [0.05, 0.1) is 6.61 Å². The van der Waals surface area contributed by atoms with Gasteiger partial charge in [0.15, 0.2) is 0 Å². The Kier molecular flexibility index (Phi) is 6.40. The first-order valence-corrected chi connectivity index (χ1v) is 9.37. The molecule has 0 N–H and O–H groups in total. The van der Waals surface area contributed by atoms with Crippen LogP contribution in [0.4, 0.5) is 0 Å². The zero-order valence-corrected chi connectivity index (χ0v) is 15.8. The lowest BCUT2D eigenvalue weighted by Gasteiger charge is -2.36. The fourth-order valence-electron chi connectivity index (χ4n) is 3.35. The molecule has 0 aromatic heterocycles. The van der Waals surface area contributed by atoms with Crippen molar-refractivity contribution in [3.8, 4) is 0 Å². The first kappa shape index (κ1) is 18.9. The molecule has 0 bridgehead atoms. The lowest BCUT2D eigenvalue weighted by Crippen LogP contribution is -2.34. The summed E-state index contributed by atoms with van der Waals surface area (Å²) >= 11 is 0. The number of rotatable bonds is 8. The van der Waals surface area contributed by atoms with Crippen LogP contribution in [0.3, 0.4) is 0 Å². The Balaban J connectivity index is 2.14. The molecule has 0 aliphatic heterocycles. The van der Waals surface area contributed by atoms with Gasteiger partial charge in [0, 0.05) is 0 Å². The van der Waals surface area contributed by atoms with Crippen LogP contribution in [0.25, 0.3) is 0 Å². The molecule has 1 heteroatoms. The normalized spacial score (nSPS) is 12.8. The summed E-state index contributed by atoms with van der Waals surface area (Å²) in [4.78, 5) is 0. The van der Waals surface area contributed by atoms with Crippen LogP contribution < -0.4 is 0 Å². The van der Waals surface area contributed by atoms with Gasteiger partial charge in [0.1, 0.15) is 5.60 Å². The maximum Gasteiger partial charge on any atom is 0.143 e. The van der Waals surface area contributed by atoms with Crippen LogP contribution in [0.15, 0.2) is 116 Å². The summed E-state index contributed by atoms with van der Waals surface area (Å²) in [5, 5.41) is 0. The van der Waals surface area contributed by atoms with Crippen molar-refractivity contribution in [1.82, 2.24) is 0 Å². The second-order valence-electron chi connectivity index (χ2n) is 6.69. The molecule has 0 unspecified atom stereocenters. The van der Waals surface area contributed by atoms with Crippen LogP contribution in [0.1, 0.15) is 23.6 Å². The minimum atomic E-state index is -0.653. The molecule has 0 radical (unpaired) electrons. The summed E-state index contributed by atoms with van der Waals surface area (Å²) in [5.41, 5.74) is 2.73. The minimum Gasteiger partial charge on any atom is -0.360 e. The first-order valence-electron chi connectivity index (χ1n) is 9.37. The molecule has 0 amide bonds. The van der Waals surface area contributed by atoms with E-state index >= 15 is 0 Å². The summed E-state index contributed by atoms with van der Waals surface area (Å²) in [6, 6.07) is 31.4. The summed E-state index contributed by atoms with van der Waals surface area (Å²) in [7, 11) is 0. The predicted octanol–water partition coefficient (Wildman–Crippen LogP) is 6.37. The van der Waals surface area contributed by atoms with Crippen molar-refractivity contribution in [1.29, 1.82) is 0 Å². The number of ether oxygens (including phenoxy) is 1. The van der Waals surface area contributed by atoms with E-state index in [4.69, 9.17) is 4.74 Å². The Hall–Kier alpha value is -2.90. The van der Waals surface area contributed by atoms with Crippen molar-refractivity contribution >= 4 is 0 Å². The van der Waals surface area contributed by atoms with E-state index in [9.17, 15) is 0 Å². The number of hydrogen-bond donors (Lipinski definition) is 0. The quantitative estimate of drug-likeness (QED) is 0.337. The van der Waals surface area contributed by atoms with Crippen LogP contribution in [0.5, 0.6) is 0 Å². The standard InChI is InChI=1S/C26H26O/c1-3-4-14-22(2)21-27-26(23-15-8-5-9-16-23,24-17-10-6-11-18-24)25-19-12-7-13-20-25/h3-20,22H,1,21H2,2H3/b14-4+/t22-/m1/s1. The van der Waals surface area contributed by atoms with E-state index in [2.05, 4.69) is 92.4 Å². The van der Waals surface area contributed by atoms with Gasteiger partial charge in [-0.15, -0.1) is 0 Å². The van der Waals surface area contributed by atoms with Crippen LogP contribution in [-0.2, 0) is 10.3 Å². The molecular formula is C26H26O. The lowest BCUT2D eigenvalue weighted by atomic mass is 9.80. The molecule has 0 fully saturated rings. The summed E-state index contributed by atoms with van der Waals surface area (Å²) < 4.78 is 6.76. The van der Waals surface area contributed by atoms with E-state index < -0.39 is 5.60 Å². The molecule has 3 aromatic carbocycles. The third kappa shape index (κ3) is 4.27. The fourth-order valence-corrected chi connectivity index (χ4v) is 3.35. The molecule has 0 saturated carbocycles. The van der Waals surface area contributed by atoms with Gasteiger partial charge in [-0.25, -0.2) is 0 Å². The molecule has 0 spiro atoms. The largest absolute Gasteiger partial charge is 0.360 e. The van der Waals surface area contributed by atoms with E-state index in [1.165, 1.54) is 0 Å². The van der Waals surface area contributed by atoms with Gasteiger partial charge in [-0.1, -0.05) is 123 Å². The minimum absolute atomic E-state index is 0.276. The summed E-state index contributed by atoms with van der Waals surface area (Å²) in [6.45, 7) is 6.52. The van der Waals surface area contributed by atoms with Crippen molar-refractivity contribution in [3.63, 3.8) is 0 Å². The molecule has 27 heavy (non-hydrogen) atoms. The molecule has 0 heterocycles. The van der Waals surface area contributed by atoms with Crippen molar-refractivity contribution in [2.45, 2.75) is 12.5 Å². The van der Waals surface area contributed by atoms with Gasteiger partial charge in [0.25, 0.3) is 0 Å². The van der Waals surface area contributed by atoms with Crippen LogP contribution in [-0.4, -0.2) is 6.61 Å². The Morgan fingerprint density at radius 3 is 1.56 bits per heavy atom. The summed E-state index contributed by atoms with van der Waals surface area (Å²) in [6.07, 6.45) is 5.90.